The van der Waals surface area contributed by atoms with Gasteiger partial charge in [0.2, 0.25) is 5.84 Å². The average molecular weight is 518 g/mol. The molecule has 0 saturated carbocycles. The second-order valence-corrected chi connectivity index (χ2v) is 9.04. The standard InChI is InChI=1S/C17H21BrFN7O4S/c1-17(2,3)22-13(9-26(28)29)20-6-7-31-16-14(24-30-25-16)15(23-27)21-10-4-5-12(19)11(18)8-10/h4-5,8-9,20,22,27H,6-7H2,1-3H3,(H,21,23). The average Bonchev–Trinajstić information content (AvgIpc) is 3.12. The number of hydrogen-bond donors (Lipinski definition) is 4. The topological polar surface area (TPSA) is 151 Å². The Kier molecular flexibility index (Phi) is 8.62. The van der Waals surface area contributed by atoms with Gasteiger partial charge in [0.15, 0.2) is 16.5 Å². The summed E-state index contributed by atoms with van der Waals surface area (Å²) in [7, 11) is 0. The highest BCUT2D eigenvalue weighted by Crippen LogP contribution is 2.23. The van der Waals surface area contributed by atoms with E-state index < -0.39 is 10.7 Å². The molecule has 0 saturated heterocycles. The third-order valence-corrected chi connectivity index (χ3v) is 4.92. The second kappa shape index (κ2) is 10.9. The maximum atomic E-state index is 13.4. The van der Waals surface area contributed by atoms with E-state index in [0.29, 0.717) is 23.0 Å². The summed E-state index contributed by atoms with van der Waals surface area (Å²) in [5.41, 5.74) is 0.241. The third-order valence-electron chi connectivity index (χ3n) is 3.37. The molecule has 0 aliphatic carbocycles. The summed E-state index contributed by atoms with van der Waals surface area (Å²) in [6.45, 7) is 6.01. The predicted octanol–water partition coefficient (Wildman–Crippen LogP) is 3.36. The molecule has 0 aliphatic heterocycles. The molecule has 0 bridgehead atoms. The Balaban J connectivity index is 1.99. The fourth-order valence-electron chi connectivity index (χ4n) is 2.23. The van der Waals surface area contributed by atoms with Crippen LogP contribution in [0.3, 0.4) is 0 Å². The van der Waals surface area contributed by atoms with Gasteiger partial charge in [-0.25, -0.2) is 9.02 Å². The van der Waals surface area contributed by atoms with Crippen molar-refractivity contribution in [3.63, 3.8) is 0 Å². The van der Waals surface area contributed by atoms with Crippen LogP contribution in [-0.2, 0) is 0 Å². The number of thioether (sulfide) groups is 1. The zero-order valence-corrected chi connectivity index (χ0v) is 19.3. The van der Waals surface area contributed by atoms with Gasteiger partial charge in [-0.3, -0.25) is 10.1 Å². The molecule has 4 N–H and O–H groups in total. The first-order valence-electron chi connectivity index (χ1n) is 8.86. The maximum Gasteiger partial charge on any atom is 0.274 e. The molecule has 0 aliphatic rings. The second-order valence-electron chi connectivity index (χ2n) is 7.10. The number of amidine groups is 1. The van der Waals surface area contributed by atoms with Crippen LogP contribution in [0, 0.1) is 15.9 Å². The minimum atomic E-state index is -0.544. The highest BCUT2D eigenvalue weighted by Gasteiger charge is 2.19. The van der Waals surface area contributed by atoms with Gasteiger partial charge in [-0.2, -0.15) is 0 Å². The van der Waals surface area contributed by atoms with Gasteiger partial charge >= 0.3 is 0 Å². The van der Waals surface area contributed by atoms with Crippen LogP contribution < -0.4 is 16.0 Å². The van der Waals surface area contributed by atoms with Crippen molar-refractivity contribution in [3.05, 3.63) is 56.3 Å². The van der Waals surface area contributed by atoms with Crippen molar-refractivity contribution in [2.75, 3.05) is 17.6 Å². The van der Waals surface area contributed by atoms with Crippen LogP contribution in [-0.4, -0.2) is 44.1 Å². The van der Waals surface area contributed by atoms with E-state index in [1.54, 1.807) is 0 Å². The van der Waals surface area contributed by atoms with Crippen LogP contribution in [0.25, 0.3) is 0 Å². The molecule has 0 radical (unpaired) electrons. The van der Waals surface area contributed by atoms with Crippen molar-refractivity contribution < 1.29 is 19.2 Å². The highest BCUT2D eigenvalue weighted by molar-refractivity contribution is 9.10. The van der Waals surface area contributed by atoms with E-state index in [0.717, 1.165) is 6.20 Å². The molecular weight excluding hydrogens is 497 g/mol. The van der Waals surface area contributed by atoms with Gasteiger partial charge in [0.25, 0.3) is 6.20 Å². The lowest BCUT2D eigenvalue weighted by Crippen LogP contribution is -2.41. The summed E-state index contributed by atoms with van der Waals surface area (Å²) in [6.07, 6.45) is 0.861. The fourth-order valence-corrected chi connectivity index (χ4v) is 3.36. The zero-order chi connectivity index (χ0) is 23.0. The number of nitrogens with zero attached hydrogens (tertiary/aromatic N) is 4. The number of halogens is 2. The lowest BCUT2D eigenvalue weighted by atomic mass is 10.1. The van der Waals surface area contributed by atoms with Crippen LogP contribution in [0.2, 0.25) is 0 Å². The van der Waals surface area contributed by atoms with E-state index in [-0.39, 0.29) is 27.4 Å². The Labute approximate surface area is 189 Å². The van der Waals surface area contributed by atoms with Crippen LogP contribution in [0.15, 0.2) is 49.5 Å². The first-order valence-corrected chi connectivity index (χ1v) is 10.6. The van der Waals surface area contributed by atoms with Gasteiger partial charge in [0, 0.05) is 23.5 Å². The molecule has 0 fully saturated rings. The summed E-state index contributed by atoms with van der Waals surface area (Å²) < 4.78 is 18.4. The molecule has 14 heteroatoms. The van der Waals surface area contributed by atoms with E-state index in [2.05, 4.69) is 47.3 Å². The number of hydrogen-bond acceptors (Lipinski definition) is 10. The first-order chi connectivity index (χ1) is 14.6. The van der Waals surface area contributed by atoms with Crippen molar-refractivity contribution in [2.45, 2.75) is 31.3 Å². The number of anilines is 1. The van der Waals surface area contributed by atoms with Crippen LogP contribution in [0.5, 0.6) is 0 Å². The number of aromatic nitrogens is 2. The molecule has 11 nitrogen and oxygen atoms in total. The normalized spacial score (nSPS) is 12.5. The molecule has 1 aromatic carbocycles. The fraction of sp³-hybridized carbons (Fsp3) is 0.353. The summed E-state index contributed by atoms with van der Waals surface area (Å²) in [6, 6.07) is 4.17. The molecule has 1 heterocycles. The minimum Gasteiger partial charge on any atom is -0.409 e. The summed E-state index contributed by atoms with van der Waals surface area (Å²) >= 11 is 4.32. The van der Waals surface area contributed by atoms with Gasteiger partial charge in [0.1, 0.15) is 5.82 Å². The molecule has 168 valence electrons. The van der Waals surface area contributed by atoms with Crippen LogP contribution in [0.4, 0.5) is 10.1 Å². The van der Waals surface area contributed by atoms with Crippen LogP contribution in [0.1, 0.15) is 26.5 Å². The van der Waals surface area contributed by atoms with Crippen molar-refractivity contribution in [3.8, 4) is 0 Å². The summed E-state index contributed by atoms with van der Waals surface area (Å²) in [5, 5.41) is 40.0. The van der Waals surface area contributed by atoms with E-state index >= 15 is 0 Å². The van der Waals surface area contributed by atoms with Gasteiger partial charge in [-0.1, -0.05) is 16.9 Å². The lowest BCUT2D eigenvalue weighted by molar-refractivity contribution is -0.404. The number of nitrogens with one attached hydrogen (secondary N) is 3. The Hall–Kier alpha value is -2.87. The molecule has 0 amide bonds. The van der Waals surface area contributed by atoms with E-state index in [1.165, 1.54) is 30.0 Å². The predicted molar refractivity (Wildman–Crippen MR) is 117 cm³/mol. The maximum absolute atomic E-state index is 13.4. The van der Waals surface area contributed by atoms with E-state index in [4.69, 9.17) is 4.63 Å². The third kappa shape index (κ3) is 8.05. The largest absolute Gasteiger partial charge is 0.409 e. The van der Waals surface area contributed by atoms with Gasteiger partial charge < -0.3 is 21.2 Å². The molecular formula is C17H21BrFN7O4S. The van der Waals surface area contributed by atoms with Gasteiger partial charge in [0.05, 0.1) is 9.40 Å². The quantitative estimate of drug-likeness (QED) is 0.0740. The number of benzene rings is 1. The zero-order valence-electron chi connectivity index (χ0n) is 16.8. The molecule has 1 aromatic heterocycles. The van der Waals surface area contributed by atoms with Crippen molar-refractivity contribution >= 4 is 39.2 Å². The van der Waals surface area contributed by atoms with Crippen molar-refractivity contribution in [1.29, 1.82) is 0 Å². The SMILES string of the molecule is CC(C)(C)NC(=C[N+](=O)[O-])NCCSc1nonc1C(=NO)Nc1ccc(F)c(Br)c1. The lowest BCUT2D eigenvalue weighted by Gasteiger charge is -2.23. The number of rotatable bonds is 9. The first kappa shape index (κ1) is 24.4. The van der Waals surface area contributed by atoms with Gasteiger partial charge in [-0.05, 0) is 65.2 Å². The molecule has 31 heavy (non-hydrogen) atoms. The monoisotopic (exact) mass is 517 g/mol. The minimum absolute atomic E-state index is 0.0430. The number of oxime groups is 1. The molecule has 0 atom stereocenters. The van der Waals surface area contributed by atoms with E-state index in [1.807, 2.05) is 20.8 Å². The Bertz CT molecular complexity index is 978. The Morgan fingerprint density at radius 2 is 2.19 bits per heavy atom. The molecule has 0 spiro atoms. The molecule has 0 unspecified atom stereocenters. The summed E-state index contributed by atoms with van der Waals surface area (Å²) in [5.74, 6) is 0.241. The van der Waals surface area contributed by atoms with Crippen LogP contribution >= 0.6 is 27.7 Å². The smallest absolute Gasteiger partial charge is 0.274 e. The van der Waals surface area contributed by atoms with Crippen molar-refractivity contribution in [2.24, 2.45) is 5.16 Å². The summed E-state index contributed by atoms with van der Waals surface area (Å²) in [4.78, 5) is 10.3. The Morgan fingerprint density at radius 3 is 2.81 bits per heavy atom. The van der Waals surface area contributed by atoms with Gasteiger partial charge in [-0.15, -0.1) is 0 Å². The van der Waals surface area contributed by atoms with E-state index in [9.17, 15) is 19.7 Å². The molecule has 2 rings (SSSR count). The molecule has 2 aromatic rings. The Morgan fingerprint density at radius 1 is 1.45 bits per heavy atom. The highest BCUT2D eigenvalue weighted by atomic mass is 79.9. The number of nitro groups is 1. The van der Waals surface area contributed by atoms with Crippen molar-refractivity contribution in [1.82, 2.24) is 20.9 Å².